The average molecular weight is 417 g/mol. The summed E-state index contributed by atoms with van der Waals surface area (Å²) in [5, 5.41) is 2.97. The van der Waals surface area contributed by atoms with Crippen molar-refractivity contribution in [3.8, 4) is 0 Å². The lowest BCUT2D eigenvalue weighted by Crippen LogP contribution is -2.29. The van der Waals surface area contributed by atoms with Crippen molar-refractivity contribution in [1.82, 2.24) is 10.0 Å². The lowest BCUT2D eigenvalue weighted by atomic mass is 10.1. The Balaban J connectivity index is 2.05. The minimum absolute atomic E-state index is 0.0608. The van der Waals surface area contributed by atoms with Gasteiger partial charge in [0.1, 0.15) is 4.90 Å². The fourth-order valence-electron chi connectivity index (χ4n) is 2.18. The summed E-state index contributed by atoms with van der Waals surface area (Å²) in [4.78, 5) is 1.12. The first kappa shape index (κ1) is 17.4. The summed E-state index contributed by atoms with van der Waals surface area (Å²) < 4.78 is 50.4. The second-order valence-electron chi connectivity index (χ2n) is 5.00. The van der Waals surface area contributed by atoms with Crippen LogP contribution in [0.3, 0.4) is 0 Å². The maximum Gasteiger partial charge on any atom is 0.242 e. The van der Waals surface area contributed by atoms with E-state index in [-0.39, 0.29) is 28.9 Å². The molecule has 0 saturated carbocycles. The van der Waals surface area contributed by atoms with Gasteiger partial charge >= 0.3 is 0 Å². The van der Waals surface area contributed by atoms with Crippen molar-refractivity contribution < 1.29 is 16.8 Å². The van der Waals surface area contributed by atoms with Gasteiger partial charge in [0.2, 0.25) is 10.0 Å². The van der Waals surface area contributed by atoms with Crippen molar-refractivity contribution in [2.75, 3.05) is 25.1 Å². The first-order chi connectivity index (χ1) is 9.73. The first-order valence-corrected chi connectivity index (χ1v) is 11.3. The Bertz CT molecular complexity index is 712. The molecule has 0 spiro atoms. The van der Waals surface area contributed by atoms with Gasteiger partial charge in [-0.15, -0.1) is 11.3 Å². The van der Waals surface area contributed by atoms with E-state index in [1.807, 2.05) is 0 Å². The molecule has 1 fully saturated rings. The van der Waals surface area contributed by atoms with E-state index in [0.717, 1.165) is 4.88 Å². The largest absolute Gasteiger partial charge is 0.315 e. The van der Waals surface area contributed by atoms with Crippen LogP contribution in [0.5, 0.6) is 0 Å². The molecule has 2 heterocycles. The van der Waals surface area contributed by atoms with E-state index in [9.17, 15) is 16.8 Å². The SMILES string of the molecule is CNCc1cc(S(=O)(=O)NCC2CCS(=O)(=O)C2)c(Br)s1. The van der Waals surface area contributed by atoms with E-state index in [4.69, 9.17) is 0 Å². The summed E-state index contributed by atoms with van der Waals surface area (Å²) >= 11 is 4.63. The Morgan fingerprint density at radius 2 is 2.19 bits per heavy atom. The zero-order valence-corrected chi connectivity index (χ0v) is 15.5. The highest BCUT2D eigenvalue weighted by Gasteiger charge is 2.29. The highest BCUT2D eigenvalue weighted by Crippen LogP contribution is 2.31. The van der Waals surface area contributed by atoms with Crippen LogP contribution in [-0.2, 0) is 26.4 Å². The van der Waals surface area contributed by atoms with Crippen molar-refractivity contribution in [3.63, 3.8) is 0 Å². The molecular formula is C11H17BrN2O4S3. The van der Waals surface area contributed by atoms with Crippen LogP contribution in [0.15, 0.2) is 14.7 Å². The Hall–Kier alpha value is -0.000000000000000194. The van der Waals surface area contributed by atoms with Gasteiger partial charge in [-0.2, -0.15) is 0 Å². The molecule has 0 bridgehead atoms. The fourth-order valence-corrected chi connectivity index (χ4v) is 7.85. The summed E-state index contributed by atoms with van der Waals surface area (Å²) in [6.07, 6.45) is 0.515. The van der Waals surface area contributed by atoms with E-state index < -0.39 is 19.9 Å². The number of sulfone groups is 1. The second kappa shape index (κ2) is 6.63. The van der Waals surface area contributed by atoms with Crippen LogP contribution >= 0.6 is 27.3 Å². The van der Waals surface area contributed by atoms with Gasteiger partial charge in [-0.05, 0) is 41.4 Å². The van der Waals surface area contributed by atoms with Crippen LogP contribution in [0, 0.1) is 5.92 Å². The summed E-state index contributed by atoms with van der Waals surface area (Å²) in [6, 6.07) is 1.62. The van der Waals surface area contributed by atoms with Crippen LogP contribution in [0.2, 0.25) is 0 Å². The lowest BCUT2D eigenvalue weighted by molar-refractivity contribution is 0.543. The van der Waals surface area contributed by atoms with E-state index in [1.165, 1.54) is 11.3 Å². The molecule has 0 radical (unpaired) electrons. The van der Waals surface area contributed by atoms with Crippen molar-refractivity contribution in [3.05, 3.63) is 14.7 Å². The van der Waals surface area contributed by atoms with Crippen LogP contribution in [-0.4, -0.2) is 41.9 Å². The number of hydrogen-bond donors (Lipinski definition) is 2. The van der Waals surface area contributed by atoms with E-state index >= 15 is 0 Å². The molecule has 10 heteroatoms. The van der Waals surface area contributed by atoms with Crippen LogP contribution in [0.4, 0.5) is 0 Å². The highest BCUT2D eigenvalue weighted by molar-refractivity contribution is 9.11. The van der Waals surface area contributed by atoms with Gasteiger partial charge in [-0.25, -0.2) is 21.6 Å². The Labute approximate surface area is 137 Å². The number of sulfonamides is 1. The van der Waals surface area contributed by atoms with Gasteiger partial charge in [0.05, 0.1) is 15.3 Å². The first-order valence-electron chi connectivity index (χ1n) is 6.36. The quantitative estimate of drug-likeness (QED) is 0.719. The fraction of sp³-hybridized carbons (Fsp3) is 0.636. The van der Waals surface area contributed by atoms with Crippen molar-refractivity contribution in [2.45, 2.75) is 17.9 Å². The molecule has 1 saturated heterocycles. The van der Waals surface area contributed by atoms with Crippen LogP contribution in [0.25, 0.3) is 0 Å². The summed E-state index contributed by atoms with van der Waals surface area (Å²) in [7, 11) is -4.82. The number of halogens is 1. The Morgan fingerprint density at radius 1 is 1.48 bits per heavy atom. The third-order valence-corrected chi connectivity index (χ3v) is 8.75. The molecule has 1 aliphatic rings. The zero-order chi connectivity index (χ0) is 15.7. The molecule has 120 valence electrons. The summed E-state index contributed by atoms with van der Waals surface area (Å²) in [6.45, 7) is 0.755. The maximum absolute atomic E-state index is 12.3. The lowest BCUT2D eigenvalue weighted by Gasteiger charge is -2.09. The molecule has 2 N–H and O–H groups in total. The van der Waals surface area contributed by atoms with Crippen molar-refractivity contribution in [2.24, 2.45) is 5.92 Å². The van der Waals surface area contributed by atoms with E-state index in [1.54, 1.807) is 13.1 Å². The number of nitrogens with one attached hydrogen (secondary N) is 2. The molecule has 0 amide bonds. The topological polar surface area (TPSA) is 92.3 Å². The van der Waals surface area contributed by atoms with Gasteiger partial charge in [0.25, 0.3) is 0 Å². The molecule has 1 unspecified atom stereocenters. The smallest absolute Gasteiger partial charge is 0.242 e. The number of hydrogen-bond acceptors (Lipinski definition) is 6. The van der Waals surface area contributed by atoms with Crippen LogP contribution < -0.4 is 10.0 Å². The molecule has 1 atom stereocenters. The highest BCUT2D eigenvalue weighted by atomic mass is 79.9. The van der Waals surface area contributed by atoms with E-state index in [2.05, 4.69) is 26.0 Å². The third kappa shape index (κ3) is 4.49. The van der Waals surface area contributed by atoms with Crippen molar-refractivity contribution in [1.29, 1.82) is 0 Å². The predicted octanol–water partition coefficient (Wildman–Crippen LogP) is 0.943. The average Bonchev–Trinajstić information content (AvgIpc) is 2.91. The molecule has 1 aromatic rings. The molecule has 0 aromatic carbocycles. The number of thiophene rings is 1. The molecular weight excluding hydrogens is 400 g/mol. The summed E-state index contributed by atoms with van der Waals surface area (Å²) in [5.41, 5.74) is 0. The molecule has 21 heavy (non-hydrogen) atoms. The van der Waals surface area contributed by atoms with Gasteiger partial charge in [-0.3, -0.25) is 0 Å². The second-order valence-corrected chi connectivity index (χ2v) is 11.4. The van der Waals surface area contributed by atoms with Gasteiger partial charge in [0.15, 0.2) is 9.84 Å². The molecule has 2 rings (SSSR count). The minimum atomic E-state index is -3.62. The third-order valence-electron chi connectivity index (χ3n) is 3.24. The Morgan fingerprint density at radius 3 is 2.76 bits per heavy atom. The van der Waals surface area contributed by atoms with Gasteiger partial charge in [0, 0.05) is 18.0 Å². The molecule has 0 aliphatic carbocycles. The predicted molar refractivity (Wildman–Crippen MR) is 86.7 cm³/mol. The van der Waals surface area contributed by atoms with Crippen molar-refractivity contribution >= 4 is 47.1 Å². The monoisotopic (exact) mass is 416 g/mol. The normalized spacial score (nSPS) is 21.7. The molecule has 1 aliphatic heterocycles. The standard InChI is InChI=1S/C11H17BrN2O4S3/c1-13-6-9-4-10(11(12)19-9)21(17,18)14-5-8-2-3-20(15,16)7-8/h4,8,13-14H,2-3,5-7H2,1H3. The van der Waals surface area contributed by atoms with Gasteiger partial charge < -0.3 is 5.32 Å². The van der Waals surface area contributed by atoms with Crippen LogP contribution in [0.1, 0.15) is 11.3 Å². The number of rotatable bonds is 6. The van der Waals surface area contributed by atoms with E-state index in [0.29, 0.717) is 16.8 Å². The molecule has 6 nitrogen and oxygen atoms in total. The zero-order valence-electron chi connectivity index (χ0n) is 11.4. The minimum Gasteiger partial charge on any atom is -0.315 e. The summed E-state index contributed by atoms with van der Waals surface area (Å²) in [5.74, 6) is 0.0677. The Kier molecular flexibility index (Phi) is 5.48. The van der Waals surface area contributed by atoms with Gasteiger partial charge in [-0.1, -0.05) is 0 Å². The maximum atomic E-state index is 12.3. The molecule has 1 aromatic heterocycles.